The average molecular weight is 365 g/mol. The van der Waals surface area contributed by atoms with E-state index in [2.05, 4.69) is 28.1 Å². The Morgan fingerprint density at radius 3 is 2.50 bits per heavy atom. The van der Waals surface area contributed by atoms with Crippen molar-refractivity contribution in [2.45, 2.75) is 39.2 Å². The van der Waals surface area contributed by atoms with Crippen LogP contribution in [0.25, 0.3) is 0 Å². The lowest BCUT2D eigenvalue weighted by Crippen LogP contribution is -2.50. The van der Waals surface area contributed by atoms with Gasteiger partial charge in [0.05, 0.1) is 17.2 Å². The van der Waals surface area contributed by atoms with Gasteiger partial charge in [-0.05, 0) is 30.5 Å². The van der Waals surface area contributed by atoms with Crippen LogP contribution in [-0.2, 0) is 9.53 Å². The number of carbonyl (C=O) groups is 1. The highest BCUT2D eigenvalue weighted by Crippen LogP contribution is 2.33. The van der Waals surface area contributed by atoms with Crippen molar-refractivity contribution in [3.05, 3.63) is 34.3 Å². The molecule has 118 valence electrons. The standard InChI is InChI=1S/C17H21BrN2O2/c1-17(2)11-15(12-3-5-13(18)6-4-12)19-20(16(17)21)14-7-9-22-10-8-14/h3-6,14H,7-11H2,1-2H3. The van der Waals surface area contributed by atoms with Gasteiger partial charge in [-0.25, -0.2) is 5.01 Å². The molecular weight excluding hydrogens is 344 g/mol. The lowest BCUT2D eigenvalue weighted by molar-refractivity contribution is -0.145. The van der Waals surface area contributed by atoms with E-state index in [4.69, 9.17) is 9.84 Å². The van der Waals surface area contributed by atoms with Crippen molar-refractivity contribution in [2.75, 3.05) is 13.2 Å². The molecule has 2 aliphatic heterocycles. The Labute approximate surface area is 139 Å². The van der Waals surface area contributed by atoms with Crippen LogP contribution in [0.15, 0.2) is 33.8 Å². The zero-order valence-electron chi connectivity index (χ0n) is 13.0. The SMILES string of the molecule is CC1(C)CC(c2ccc(Br)cc2)=NN(C2CCOCC2)C1=O. The fourth-order valence-corrected chi connectivity index (χ4v) is 3.26. The first kappa shape index (κ1) is 15.7. The molecule has 0 N–H and O–H groups in total. The molecule has 1 saturated heterocycles. The zero-order chi connectivity index (χ0) is 15.7. The van der Waals surface area contributed by atoms with E-state index in [1.54, 1.807) is 5.01 Å². The average Bonchev–Trinajstić information content (AvgIpc) is 2.51. The smallest absolute Gasteiger partial charge is 0.248 e. The molecule has 1 fully saturated rings. The maximum atomic E-state index is 12.7. The number of rotatable bonds is 2. The third kappa shape index (κ3) is 3.10. The summed E-state index contributed by atoms with van der Waals surface area (Å²) in [5.41, 5.74) is 1.66. The Balaban J connectivity index is 1.94. The summed E-state index contributed by atoms with van der Waals surface area (Å²) < 4.78 is 6.46. The molecule has 1 amide bonds. The van der Waals surface area contributed by atoms with Crippen molar-refractivity contribution in [1.82, 2.24) is 5.01 Å². The van der Waals surface area contributed by atoms with Crippen LogP contribution in [0, 0.1) is 5.41 Å². The van der Waals surface area contributed by atoms with Gasteiger partial charge < -0.3 is 4.74 Å². The second-order valence-corrected chi connectivity index (χ2v) is 7.52. The van der Waals surface area contributed by atoms with E-state index < -0.39 is 5.41 Å². The minimum atomic E-state index is -0.414. The molecule has 0 aromatic heterocycles. The van der Waals surface area contributed by atoms with Gasteiger partial charge in [0.2, 0.25) is 5.91 Å². The van der Waals surface area contributed by atoms with E-state index in [0.29, 0.717) is 19.6 Å². The Morgan fingerprint density at radius 1 is 1.23 bits per heavy atom. The summed E-state index contributed by atoms with van der Waals surface area (Å²) in [6.07, 6.45) is 2.39. The quantitative estimate of drug-likeness (QED) is 0.804. The Kier molecular flexibility index (Phi) is 4.37. The molecule has 0 saturated carbocycles. The molecule has 0 radical (unpaired) electrons. The van der Waals surface area contributed by atoms with Crippen molar-refractivity contribution in [3.63, 3.8) is 0 Å². The molecule has 2 heterocycles. The van der Waals surface area contributed by atoms with E-state index in [1.165, 1.54) is 0 Å². The van der Waals surface area contributed by atoms with Gasteiger partial charge >= 0.3 is 0 Å². The highest BCUT2D eigenvalue weighted by Gasteiger charge is 2.41. The van der Waals surface area contributed by atoms with Gasteiger partial charge in [-0.2, -0.15) is 5.10 Å². The first-order valence-electron chi connectivity index (χ1n) is 7.72. The van der Waals surface area contributed by atoms with Crippen LogP contribution in [0.1, 0.15) is 38.7 Å². The summed E-state index contributed by atoms with van der Waals surface area (Å²) in [5, 5.41) is 6.44. The summed E-state index contributed by atoms with van der Waals surface area (Å²) in [5.74, 6) is 0.125. The molecule has 0 atom stereocenters. The molecule has 4 nitrogen and oxygen atoms in total. The van der Waals surface area contributed by atoms with E-state index in [0.717, 1.165) is 28.6 Å². The van der Waals surface area contributed by atoms with Crippen LogP contribution in [0.4, 0.5) is 0 Å². The van der Waals surface area contributed by atoms with E-state index >= 15 is 0 Å². The number of halogens is 1. The van der Waals surface area contributed by atoms with Crippen LogP contribution >= 0.6 is 15.9 Å². The summed E-state index contributed by atoms with van der Waals surface area (Å²) in [4.78, 5) is 12.7. The second-order valence-electron chi connectivity index (χ2n) is 6.61. The normalized spacial score (nSPS) is 22.6. The van der Waals surface area contributed by atoms with Gasteiger partial charge in [0, 0.05) is 24.1 Å². The molecule has 5 heteroatoms. The maximum Gasteiger partial charge on any atom is 0.248 e. The molecule has 0 spiro atoms. The number of amides is 1. The topological polar surface area (TPSA) is 41.9 Å². The number of nitrogens with zero attached hydrogens (tertiary/aromatic N) is 2. The third-order valence-corrected chi connectivity index (χ3v) is 4.87. The molecule has 22 heavy (non-hydrogen) atoms. The molecule has 2 aliphatic rings. The number of carbonyl (C=O) groups excluding carboxylic acids is 1. The number of benzene rings is 1. The third-order valence-electron chi connectivity index (χ3n) is 4.34. The van der Waals surface area contributed by atoms with Gasteiger partial charge in [0.25, 0.3) is 0 Å². The van der Waals surface area contributed by atoms with Crippen LogP contribution < -0.4 is 0 Å². The second kappa shape index (κ2) is 6.13. The van der Waals surface area contributed by atoms with Gasteiger partial charge in [0.15, 0.2) is 0 Å². The van der Waals surface area contributed by atoms with E-state index in [1.807, 2.05) is 26.0 Å². The summed E-state index contributed by atoms with van der Waals surface area (Å²) in [6.45, 7) is 5.43. The molecule has 0 bridgehead atoms. The number of hydrogen-bond donors (Lipinski definition) is 0. The lowest BCUT2D eigenvalue weighted by atomic mass is 9.82. The van der Waals surface area contributed by atoms with Crippen LogP contribution in [-0.4, -0.2) is 35.9 Å². The number of hydrazone groups is 1. The van der Waals surface area contributed by atoms with Gasteiger partial charge in [-0.15, -0.1) is 0 Å². The summed E-state index contributed by atoms with van der Waals surface area (Å²) >= 11 is 3.46. The van der Waals surface area contributed by atoms with Crippen molar-refractivity contribution >= 4 is 27.5 Å². The predicted molar refractivity (Wildman–Crippen MR) is 89.8 cm³/mol. The summed E-state index contributed by atoms with van der Waals surface area (Å²) in [6, 6.07) is 8.29. The fourth-order valence-electron chi connectivity index (χ4n) is 2.99. The van der Waals surface area contributed by atoms with E-state index in [-0.39, 0.29) is 11.9 Å². The van der Waals surface area contributed by atoms with Crippen LogP contribution in [0.2, 0.25) is 0 Å². The Bertz CT molecular complexity index is 589. The maximum absolute atomic E-state index is 12.7. The fraction of sp³-hybridized carbons (Fsp3) is 0.529. The Hall–Kier alpha value is -1.20. The van der Waals surface area contributed by atoms with Crippen molar-refractivity contribution < 1.29 is 9.53 Å². The molecule has 1 aromatic rings. The highest BCUT2D eigenvalue weighted by atomic mass is 79.9. The monoisotopic (exact) mass is 364 g/mol. The van der Waals surface area contributed by atoms with Crippen molar-refractivity contribution in [2.24, 2.45) is 10.5 Å². The molecular formula is C17H21BrN2O2. The summed E-state index contributed by atoms with van der Waals surface area (Å²) in [7, 11) is 0. The largest absolute Gasteiger partial charge is 0.381 e. The first-order valence-corrected chi connectivity index (χ1v) is 8.51. The van der Waals surface area contributed by atoms with Gasteiger partial charge in [-0.3, -0.25) is 4.79 Å². The van der Waals surface area contributed by atoms with Gasteiger partial charge in [-0.1, -0.05) is 41.9 Å². The minimum Gasteiger partial charge on any atom is -0.381 e. The molecule has 0 aliphatic carbocycles. The lowest BCUT2D eigenvalue weighted by Gasteiger charge is -2.39. The molecule has 0 unspecified atom stereocenters. The predicted octanol–water partition coefficient (Wildman–Crippen LogP) is 3.59. The molecule has 3 rings (SSSR count). The van der Waals surface area contributed by atoms with Crippen molar-refractivity contribution in [3.8, 4) is 0 Å². The number of hydrogen-bond acceptors (Lipinski definition) is 3. The minimum absolute atomic E-state index is 0.125. The first-order chi connectivity index (χ1) is 10.5. The van der Waals surface area contributed by atoms with Crippen molar-refractivity contribution in [1.29, 1.82) is 0 Å². The van der Waals surface area contributed by atoms with Crippen LogP contribution in [0.5, 0.6) is 0 Å². The van der Waals surface area contributed by atoms with E-state index in [9.17, 15) is 4.79 Å². The number of ether oxygens (including phenoxy) is 1. The highest BCUT2D eigenvalue weighted by molar-refractivity contribution is 9.10. The zero-order valence-corrected chi connectivity index (χ0v) is 14.6. The van der Waals surface area contributed by atoms with Crippen LogP contribution in [0.3, 0.4) is 0 Å². The van der Waals surface area contributed by atoms with Gasteiger partial charge in [0.1, 0.15) is 0 Å². The Morgan fingerprint density at radius 2 is 1.86 bits per heavy atom. The molecule has 1 aromatic carbocycles.